The van der Waals surface area contributed by atoms with Gasteiger partial charge in [-0.2, -0.15) is 5.26 Å². The summed E-state index contributed by atoms with van der Waals surface area (Å²) < 4.78 is 0. The molecule has 2 aromatic carbocycles. The Balaban J connectivity index is 2.05. The number of hydrogen-bond acceptors (Lipinski definition) is 2. The van der Waals surface area contributed by atoms with Crippen LogP contribution in [0.4, 0.5) is 5.69 Å². The normalized spacial score (nSPS) is 11.2. The van der Waals surface area contributed by atoms with E-state index in [0.717, 1.165) is 11.1 Å². The van der Waals surface area contributed by atoms with Crippen molar-refractivity contribution in [3.63, 3.8) is 0 Å². The summed E-state index contributed by atoms with van der Waals surface area (Å²) in [7, 11) is 0. The molecule has 24 heavy (non-hydrogen) atoms. The van der Waals surface area contributed by atoms with Crippen LogP contribution in [0, 0.1) is 11.3 Å². The average Bonchev–Trinajstić information content (AvgIpc) is 2.55. The molecule has 0 fully saturated rings. The second kappa shape index (κ2) is 7.61. The van der Waals surface area contributed by atoms with Gasteiger partial charge in [-0.25, -0.2) is 0 Å². The van der Waals surface area contributed by atoms with Gasteiger partial charge in [0.15, 0.2) is 0 Å². The highest BCUT2D eigenvalue weighted by molar-refractivity contribution is 6.02. The van der Waals surface area contributed by atoms with Gasteiger partial charge in [-0.1, -0.05) is 63.2 Å². The highest BCUT2D eigenvalue weighted by Crippen LogP contribution is 2.22. The molecule has 2 rings (SSSR count). The molecule has 0 aliphatic carbocycles. The molecule has 0 radical (unpaired) electrons. The van der Waals surface area contributed by atoms with E-state index in [9.17, 15) is 4.79 Å². The molecule has 0 heterocycles. The van der Waals surface area contributed by atoms with E-state index in [1.54, 1.807) is 12.1 Å². The molecule has 3 heteroatoms. The first kappa shape index (κ1) is 17.5. The number of benzene rings is 2. The molecule has 3 nitrogen and oxygen atoms in total. The van der Waals surface area contributed by atoms with Gasteiger partial charge < -0.3 is 5.32 Å². The Morgan fingerprint density at radius 2 is 1.79 bits per heavy atom. The van der Waals surface area contributed by atoms with Gasteiger partial charge in [0.25, 0.3) is 0 Å². The van der Waals surface area contributed by atoms with Gasteiger partial charge >= 0.3 is 0 Å². The Hall–Kier alpha value is -2.86. The van der Waals surface area contributed by atoms with Crippen molar-refractivity contribution in [2.45, 2.75) is 32.6 Å². The Kier molecular flexibility index (Phi) is 5.55. The number of nitrogens with one attached hydrogen (secondary N) is 1. The summed E-state index contributed by atoms with van der Waals surface area (Å²) in [6.45, 7) is 6.51. The molecule has 0 aromatic heterocycles. The first-order valence-corrected chi connectivity index (χ1v) is 7.94. The molecule has 0 aliphatic rings. The lowest BCUT2D eigenvalue weighted by atomic mass is 9.87. The van der Waals surface area contributed by atoms with Crippen LogP contribution in [0.25, 0.3) is 6.08 Å². The maximum absolute atomic E-state index is 12.1. The highest BCUT2D eigenvalue weighted by Gasteiger charge is 2.12. The lowest BCUT2D eigenvalue weighted by molar-refractivity contribution is -0.111. The van der Waals surface area contributed by atoms with E-state index in [-0.39, 0.29) is 17.7 Å². The molecule has 0 saturated heterocycles. The quantitative estimate of drug-likeness (QED) is 0.831. The molecule has 1 N–H and O–H groups in total. The van der Waals surface area contributed by atoms with Gasteiger partial charge in [0.1, 0.15) is 0 Å². The molecule has 1 amide bonds. The van der Waals surface area contributed by atoms with E-state index in [0.29, 0.717) is 5.69 Å². The number of nitrogens with zero attached hydrogens (tertiary/aromatic N) is 1. The molecule has 0 unspecified atom stereocenters. The number of amides is 1. The second-order valence-corrected chi connectivity index (χ2v) is 6.69. The summed E-state index contributed by atoms with van der Waals surface area (Å²) in [4.78, 5) is 12.1. The van der Waals surface area contributed by atoms with Crippen LogP contribution in [-0.2, 0) is 16.6 Å². The molecule has 2 aromatic rings. The Morgan fingerprint density at radius 1 is 1.12 bits per heavy atom. The van der Waals surface area contributed by atoms with Crippen molar-refractivity contribution in [2.24, 2.45) is 0 Å². The third-order valence-corrected chi connectivity index (χ3v) is 3.75. The first-order valence-electron chi connectivity index (χ1n) is 7.94. The Morgan fingerprint density at radius 3 is 2.42 bits per heavy atom. The third-order valence-electron chi connectivity index (χ3n) is 3.75. The van der Waals surface area contributed by atoms with Crippen molar-refractivity contribution in [1.29, 1.82) is 5.26 Å². The smallest absolute Gasteiger partial charge is 0.248 e. The number of carbonyl (C=O) groups is 1. The van der Waals surface area contributed by atoms with Crippen LogP contribution < -0.4 is 5.32 Å². The highest BCUT2D eigenvalue weighted by atomic mass is 16.1. The van der Waals surface area contributed by atoms with Gasteiger partial charge in [-0.3, -0.25) is 4.79 Å². The second-order valence-electron chi connectivity index (χ2n) is 6.69. The minimum absolute atomic E-state index is 0.115. The lowest BCUT2D eigenvalue weighted by Gasteiger charge is -2.18. The van der Waals surface area contributed by atoms with E-state index < -0.39 is 0 Å². The van der Waals surface area contributed by atoms with Crippen molar-refractivity contribution < 1.29 is 4.79 Å². The van der Waals surface area contributed by atoms with E-state index in [2.05, 4.69) is 44.3 Å². The number of nitriles is 1. The predicted molar refractivity (Wildman–Crippen MR) is 98.6 cm³/mol. The molecular formula is C21H22N2O. The molecular weight excluding hydrogens is 296 g/mol. The summed E-state index contributed by atoms with van der Waals surface area (Å²) >= 11 is 0. The maximum Gasteiger partial charge on any atom is 0.248 e. The summed E-state index contributed by atoms with van der Waals surface area (Å²) in [5.74, 6) is -0.208. The van der Waals surface area contributed by atoms with E-state index in [1.807, 2.05) is 30.3 Å². The van der Waals surface area contributed by atoms with Crippen molar-refractivity contribution in [1.82, 2.24) is 0 Å². The number of anilines is 1. The molecule has 0 spiro atoms. The zero-order chi connectivity index (χ0) is 17.6. The third kappa shape index (κ3) is 4.82. The zero-order valence-corrected chi connectivity index (χ0v) is 14.3. The van der Waals surface area contributed by atoms with Gasteiger partial charge in [-0.05, 0) is 34.2 Å². The van der Waals surface area contributed by atoms with Gasteiger partial charge in [0, 0.05) is 11.8 Å². The van der Waals surface area contributed by atoms with Crippen LogP contribution in [0.3, 0.4) is 0 Å². The lowest BCUT2D eigenvalue weighted by Crippen LogP contribution is -2.10. The van der Waals surface area contributed by atoms with Crippen molar-refractivity contribution in [2.75, 3.05) is 5.32 Å². The predicted octanol–water partition coefficient (Wildman–Crippen LogP) is 4.70. The summed E-state index contributed by atoms with van der Waals surface area (Å²) in [5, 5.41) is 11.7. The minimum atomic E-state index is -0.208. The van der Waals surface area contributed by atoms with Crippen LogP contribution in [0.2, 0.25) is 0 Å². The van der Waals surface area contributed by atoms with Crippen LogP contribution in [0.5, 0.6) is 0 Å². The first-order chi connectivity index (χ1) is 11.4. The number of hydrogen-bond donors (Lipinski definition) is 1. The number of para-hydroxylation sites is 1. The van der Waals surface area contributed by atoms with Crippen LogP contribution in [-0.4, -0.2) is 5.91 Å². The average molecular weight is 318 g/mol. The van der Waals surface area contributed by atoms with Crippen LogP contribution in [0.1, 0.15) is 37.5 Å². The Labute approximate surface area is 143 Å². The van der Waals surface area contributed by atoms with Crippen LogP contribution >= 0.6 is 0 Å². The fraction of sp³-hybridized carbons (Fsp3) is 0.238. The van der Waals surface area contributed by atoms with Gasteiger partial charge in [0.2, 0.25) is 5.91 Å². The number of carbonyl (C=O) groups excluding carboxylic acids is 1. The summed E-state index contributed by atoms with van der Waals surface area (Å²) in [6, 6.07) is 17.6. The minimum Gasteiger partial charge on any atom is -0.322 e. The van der Waals surface area contributed by atoms with E-state index >= 15 is 0 Å². The number of rotatable bonds is 4. The van der Waals surface area contributed by atoms with Crippen molar-refractivity contribution in [3.05, 3.63) is 71.3 Å². The molecule has 122 valence electrons. The van der Waals surface area contributed by atoms with Gasteiger partial charge in [-0.15, -0.1) is 0 Å². The molecule has 0 aliphatic heterocycles. The van der Waals surface area contributed by atoms with Crippen molar-refractivity contribution in [3.8, 4) is 6.07 Å². The molecule has 0 atom stereocenters. The molecule has 0 saturated carbocycles. The zero-order valence-electron chi connectivity index (χ0n) is 14.3. The Bertz CT molecular complexity index is 775. The topological polar surface area (TPSA) is 52.9 Å². The fourth-order valence-electron chi connectivity index (χ4n) is 2.32. The fourth-order valence-corrected chi connectivity index (χ4v) is 2.32. The van der Waals surface area contributed by atoms with E-state index in [4.69, 9.17) is 5.26 Å². The van der Waals surface area contributed by atoms with E-state index in [1.165, 1.54) is 11.6 Å². The summed E-state index contributed by atoms with van der Waals surface area (Å²) in [6.07, 6.45) is 3.57. The monoisotopic (exact) mass is 318 g/mol. The summed E-state index contributed by atoms with van der Waals surface area (Å²) in [5.41, 5.74) is 3.84. The largest absolute Gasteiger partial charge is 0.322 e. The molecule has 0 bridgehead atoms. The van der Waals surface area contributed by atoms with Crippen molar-refractivity contribution >= 4 is 17.7 Å². The van der Waals surface area contributed by atoms with Gasteiger partial charge in [0.05, 0.1) is 12.5 Å². The SMILES string of the molecule is CC(C)(C)c1ccc(C=CC(=O)Nc2ccccc2CC#N)cc1. The standard InChI is InChI=1S/C21H22N2O/c1-21(2,3)18-11-8-16(9-12-18)10-13-20(24)23-19-7-5-4-6-17(19)14-15-22/h4-13H,14H2,1-3H3,(H,23,24). The maximum atomic E-state index is 12.1. The van der Waals surface area contributed by atoms with Crippen LogP contribution in [0.15, 0.2) is 54.6 Å².